The van der Waals surface area contributed by atoms with Crippen LogP contribution in [0.2, 0.25) is 0 Å². The average molecular weight is 322 g/mol. The molecule has 7 heteroatoms. The molecule has 0 radical (unpaired) electrons. The number of anilines is 1. The van der Waals surface area contributed by atoms with E-state index in [1.807, 2.05) is 0 Å². The normalized spacial score (nSPS) is 19.8. The molecule has 2 aliphatic heterocycles. The van der Waals surface area contributed by atoms with E-state index in [4.69, 9.17) is 15.9 Å². The Morgan fingerprint density at radius 2 is 2.18 bits per heavy atom. The molecule has 0 bridgehead atoms. The summed E-state index contributed by atoms with van der Waals surface area (Å²) in [5, 5.41) is 2.99. The molecule has 1 aromatic rings. The Bertz CT molecular complexity index is 712. The Kier molecular flexibility index (Phi) is 3.77. The SMILES string of the molecule is C#CCNc1ccc(S(=O)(=O)N2CC3(COC3)C2)cc1OC. The number of benzene rings is 1. The average Bonchev–Trinajstić information content (AvgIpc) is 2.41. The lowest BCUT2D eigenvalue weighted by atomic mass is 9.80. The molecule has 118 valence electrons. The van der Waals surface area contributed by atoms with Crippen LogP contribution in [-0.4, -0.2) is 52.7 Å². The van der Waals surface area contributed by atoms with Crippen molar-refractivity contribution in [3.05, 3.63) is 18.2 Å². The molecular formula is C15H18N2O4S. The number of nitrogens with one attached hydrogen (secondary N) is 1. The van der Waals surface area contributed by atoms with Crippen molar-refractivity contribution in [1.29, 1.82) is 0 Å². The number of hydrogen-bond acceptors (Lipinski definition) is 5. The van der Waals surface area contributed by atoms with Crippen LogP contribution < -0.4 is 10.1 Å². The summed E-state index contributed by atoms with van der Waals surface area (Å²) in [6.45, 7) is 2.69. The molecule has 2 heterocycles. The smallest absolute Gasteiger partial charge is 0.243 e. The van der Waals surface area contributed by atoms with Crippen molar-refractivity contribution >= 4 is 15.7 Å². The molecule has 0 saturated carbocycles. The molecule has 1 N–H and O–H groups in total. The first-order chi connectivity index (χ1) is 10.5. The summed E-state index contributed by atoms with van der Waals surface area (Å²) in [5.41, 5.74) is 0.720. The highest BCUT2D eigenvalue weighted by Crippen LogP contribution is 2.41. The van der Waals surface area contributed by atoms with Crippen LogP contribution in [0.15, 0.2) is 23.1 Å². The van der Waals surface area contributed by atoms with E-state index in [2.05, 4.69) is 11.2 Å². The van der Waals surface area contributed by atoms with E-state index >= 15 is 0 Å². The third-order valence-electron chi connectivity index (χ3n) is 4.03. The monoisotopic (exact) mass is 322 g/mol. The zero-order valence-corrected chi connectivity index (χ0v) is 13.1. The van der Waals surface area contributed by atoms with Gasteiger partial charge in [-0.2, -0.15) is 4.31 Å². The second-order valence-corrected chi connectivity index (χ2v) is 7.62. The van der Waals surface area contributed by atoms with Crippen molar-refractivity contribution in [2.75, 3.05) is 45.3 Å². The van der Waals surface area contributed by atoms with E-state index in [0.29, 0.717) is 44.3 Å². The summed E-state index contributed by atoms with van der Waals surface area (Å²) in [7, 11) is -1.99. The Labute approximate surface area is 130 Å². The molecule has 22 heavy (non-hydrogen) atoms. The third-order valence-corrected chi connectivity index (χ3v) is 5.82. The Morgan fingerprint density at radius 1 is 1.45 bits per heavy atom. The summed E-state index contributed by atoms with van der Waals surface area (Å²) < 4.78 is 37.1. The number of rotatable bonds is 5. The topological polar surface area (TPSA) is 67.9 Å². The molecule has 2 saturated heterocycles. The molecule has 0 aromatic heterocycles. The van der Waals surface area contributed by atoms with Gasteiger partial charge in [-0.3, -0.25) is 0 Å². The van der Waals surface area contributed by atoms with Crippen molar-refractivity contribution in [3.63, 3.8) is 0 Å². The van der Waals surface area contributed by atoms with Gasteiger partial charge in [-0.05, 0) is 12.1 Å². The van der Waals surface area contributed by atoms with Crippen molar-refractivity contribution in [2.45, 2.75) is 4.90 Å². The maximum absolute atomic E-state index is 12.6. The second kappa shape index (κ2) is 5.47. The van der Waals surface area contributed by atoms with E-state index in [9.17, 15) is 8.42 Å². The van der Waals surface area contributed by atoms with Crippen LogP contribution in [-0.2, 0) is 14.8 Å². The fraction of sp³-hybridized carbons (Fsp3) is 0.467. The Balaban J connectivity index is 1.80. The lowest BCUT2D eigenvalue weighted by Gasteiger charge is -2.53. The summed E-state index contributed by atoms with van der Waals surface area (Å²) >= 11 is 0. The predicted molar refractivity (Wildman–Crippen MR) is 82.3 cm³/mol. The maximum atomic E-state index is 12.6. The van der Waals surface area contributed by atoms with Gasteiger partial charge in [0.25, 0.3) is 0 Å². The van der Waals surface area contributed by atoms with Gasteiger partial charge in [0, 0.05) is 24.6 Å². The number of hydrogen-bond donors (Lipinski definition) is 1. The zero-order valence-electron chi connectivity index (χ0n) is 12.3. The quantitative estimate of drug-likeness (QED) is 0.811. The fourth-order valence-corrected chi connectivity index (χ4v) is 4.40. The number of methoxy groups -OCH3 is 1. The van der Waals surface area contributed by atoms with Gasteiger partial charge in [-0.15, -0.1) is 6.42 Å². The van der Waals surface area contributed by atoms with Gasteiger partial charge in [0.05, 0.1) is 37.5 Å². The van der Waals surface area contributed by atoms with E-state index in [-0.39, 0.29) is 10.3 Å². The number of sulfonamides is 1. The standard InChI is InChI=1S/C15H18N2O4S/c1-3-6-16-13-5-4-12(7-14(13)20-2)22(18,19)17-8-15(9-17)10-21-11-15/h1,4-5,7,16H,6,8-11H2,2H3. The van der Waals surface area contributed by atoms with Crippen LogP contribution in [0.25, 0.3) is 0 Å². The van der Waals surface area contributed by atoms with Crippen molar-refractivity contribution in [3.8, 4) is 18.1 Å². The summed E-state index contributed by atoms with van der Waals surface area (Å²) in [6.07, 6.45) is 5.21. The molecule has 0 amide bonds. The van der Waals surface area contributed by atoms with E-state index in [1.165, 1.54) is 17.5 Å². The molecule has 3 rings (SSSR count). The van der Waals surface area contributed by atoms with Crippen LogP contribution in [0.5, 0.6) is 5.75 Å². The minimum atomic E-state index is -3.49. The van der Waals surface area contributed by atoms with E-state index in [0.717, 1.165) is 0 Å². The van der Waals surface area contributed by atoms with Crippen molar-refractivity contribution in [2.24, 2.45) is 5.41 Å². The fourth-order valence-electron chi connectivity index (χ4n) is 2.72. The van der Waals surface area contributed by atoms with Gasteiger partial charge < -0.3 is 14.8 Å². The largest absolute Gasteiger partial charge is 0.495 e. The zero-order chi connectivity index (χ0) is 15.8. The van der Waals surface area contributed by atoms with Gasteiger partial charge in [0.15, 0.2) is 0 Å². The third kappa shape index (κ3) is 2.43. The van der Waals surface area contributed by atoms with Crippen LogP contribution in [0.4, 0.5) is 5.69 Å². The van der Waals surface area contributed by atoms with Crippen molar-refractivity contribution < 1.29 is 17.9 Å². The molecular weight excluding hydrogens is 304 g/mol. The summed E-state index contributed by atoms with van der Waals surface area (Å²) in [6, 6.07) is 4.76. The highest BCUT2D eigenvalue weighted by Gasteiger charge is 2.53. The predicted octanol–water partition coefficient (Wildman–Crippen LogP) is 0.761. The minimum absolute atomic E-state index is 0.0471. The highest BCUT2D eigenvalue weighted by atomic mass is 32.2. The molecule has 0 unspecified atom stereocenters. The molecule has 2 fully saturated rings. The van der Waals surface area contributed by atoms with Crippen LogP contribution in [0.1, 0.15) is 0 Å². The second-order valence-electron chi connectivity index (χ2n) is 5.69. The van der Waals surface area contributed by atoms with E-state index in [1.54, 1.807) is 12.1 Å². The Morgan fingerprint density at radius 3 is 2.73 bits per heavy atom. The van der Waals surface area contributed by atoms with Crippen LogP contribution in [0.3, 0.4) is 0 Å². The summed E-state index contributed by atoms with van der Waals surface area (Å²) in [4.78, 5) is 0.227. The van der Waals surface area contributed by atoms with E-state index < -0.39 is 10.0 Å². The molecule has 1 spiro atoms. The van der Waals surface area contributed by atoms with Gasteiger partial charge >= 0.3 is 0 Å². The number of terminal acetylenes is 1. The maximum Gasteiger partial charge on any atom is 0.243 e. The highest BCUT2D eigenvalue weighted by molar-refractivity contribution is 7.89. The lowest BCUT2D eigenvalue weighted by Crippen LogP contribution is -2.66. The summed E-state index contributed by atoms with van der Waals surface area (Å²) in [5.74, 6) is 2.92. The van der Waals surface area contributed by atoms with Crippen molar-refractivity contribution in [1.82, 2.24) is 4.31 Å². The molecule has 0 aliphatic carbocycles. The van der Waals surface area contributed by atoms with Gasteiger partial charge in [0.1, 0.15) is 5.75 Å². The Hall–Kier alpha value is -1.75. The number of nitrogens with zero attached hydrogens (tertiary/aromatic N) is 1. The molecule has 2 aliphatic rings. The first-order valence-electron chi connectivity index (χ1n) is 6.94. The van der Waals surface area contributed by atoms with Crippen LogP contribution in [0, 0.1) is 17.8 Å². The first-order valence-corrected chi connectivity index (χ1v) is 8.38. The van der Waals surface area contributed by atoms with Gasteiger partial charge in [-0.1, -0.05) is 5.92 Å². The molecule has 0 atom stereocenters. The van der Waals surface area contributed by atoms with Gasteiger partial charge in [0.2, 0.25) is 10.0 Å². The molecule has 6 nitrogen and oxygen atoms in total. The lowest BCUT2D eigenvalue weighted by molar-refractivity contribution is -0.166. The van der Waals surface area contributed by atoms with Crippen LogP contribution >= 0.6 is 0 Å². The number of ether oxygens (including phenoxy) is 2. The van der Waals surface area contributed by atoms with Gasteiger partial charge in [-0.25, -0.2) is 8.42 Å². The molecule has 1 aromatic carbocycles. The minimum Gasteiger partial charge on any atom is -0.495 e. The first kappa shape index (κ1) is 15.2.